The van der Waals surface area contributed by atoms with Gasteiger partial charge in [0.1, 0.15) is 0 Å². The molecule has 3 nitrogen and oxygen atoms in total. The Kier molecular flexibility index (Phi) is 4.90. The first-order chi connectivity index (χ1) is 20.8. The normalized spacial score (nSPS) is 11.8. The van der Waals surface area contributed by atoms with Crippen LogP contribution in [0.2, 0.25) is 0 Å². The van der Waals surface area contributed by atoms with Crippen LogP contribution in [0.5, 0.6) is 0 Å². The fourth-order valence-corrected chi connectivity index (χ4v) is 6.65. The molecule has 42 heavy (non-hydrogen) atoms. The van der Waals surface area contributed by atoms with E-state index in [1.807, 2.05) is 12.4 Å². The highest BCUT2D eigenvalue weighted by Crippen LogP contribution is 2.38. The first-order valence-electron chi connectivity index (χ1n) is 14.3. The number of hydrogen-bond donors (Lipinski definition) is 0. The van der Waals surface area contributed by atoms with E-state index in [0.29, 0.717) is 0 Å². The van der Waals surface area contributed by atoms with Crippen molar-refractivity contribution in [1.29, 1.82) is 0 Å². The molecular formula is C39H25N3. The first-order valence-corrected chi connectivity index (χ1v) is 14.3. The van der Waals surface area contributed by atoms with Gasteiger partial charge < -0.3 is 9.13 Å². The average Bonchev–Trinajstić information content (AvgIpc) is 3.57. The van der Waals surface area contributed by atoms with Crippen LogP contribution in [0.3, 0.4) is 0 Å². The molecule has 6 aromatic carbocycles. The summed E-state index contributed by atoms with van der Waals surface area (Å²) in [5.74, 6) is 0. The van der Waals surface area contributed by atoms with Gasteiger partial charge in [-0.25, -0.2) is 0 Å². The summed E-state index contributed by atoms with van der Waals surface area (Å²) in [6.07, 6.45) is 3.86. The lowest BCUT2D eigenvalue weighted by atomic mass is 10.0. The summed E-state index contributed by atoms with van der Waals surface area (Å²) in [5, 5.41) is 7.37. The quantitative estimate of drug-likeness (QED) is 0.221. The molecule has 0 radical (unpaired) electrons. The summed E-state index contributed by atoms with van der Waals surface area (Å²) < 4.78 is 4.74. The van der Waals surface area contributed by atoms with Crippen LogP contribution in [-0.2, 0) is 0 Å². The largest absolute Gasteiger partial charge is 0.309 e. The molecule has 0 atom stereocenters. The second-order valence-electron chi connectivity index (χ2n) is 10.9. The summed E-state index contributed by atoms with van der Waals surface area (Å²) in [6, 6.07) is 50.4. The van der Waals surface area contributed by atoms with Crippen molar-refractivity contribution in [1.82, 2.24) is 14.1 Å². The fourth-order valence-electron chi connectivity index (χ4n) is 6.65. The maximum Gasteiger partial charge on any atom is 0.0571 e. The Morgan fingerprint density at radius 2 is 1.07 bits per heavy atom. The molecule has 0 aliphatic carbocycles. The standard InChI is InChI=1S/C39H25N3/c1-2-10-30(11-3-1)41-37-19-16-28(23-34(37)35-25-40-21-20-38(35)41)29-15-18-33-32-12-6-7-13-36(32)42(39(33)24-29)31-17-14-26-8-4-5-9-27(26)22-31/h1-25H. The molecule has 0 unspecified atom stereocenters. The molecule has 0 fully saturated rings. The smallest absolute Gasteiger partial charge is 0.0571 e. The number of hydrogen-bond acceptors (Lipinski definition) is 1. The minimum absolute atomic E-state index is 1.15. The van der Waals surface area contributed by atoms with Gasteiger partial charge in [-0.3, -0.25) is 4.98 Å². The number of fused-ring (bicyclic) bond motifs is 7. The number of rotatable bonds is 3. The molecule has 0 spiro atoms. The van der Waals surface area contributed by atoms with E-state index >= 15 is 0 Å². The van der Waals surface area contributed by atoms with Crippen molar-refractivity contribution in [3.8, 4) is 22.5 Å². The number of para-hydroxylation sites is 2. The Morgan fingerprint density at radius 1 is 0.381 bits per heavy atom. The molecule has 196 valence electrons. The van der Waals surface area contributed by atoms with Gasteiger partial charge in [-0.2, -0.15) is 0 Å². The zero-order chi connectivity index (χ0) is 27.6. The summed E-state index contributed by atoms with van der Waals surface area (Å²) in [4.78, 5) is 4.49. The van der Waals surface area contributed by atoms with Crippen molar-refractivity contribution in [3.63, 3.8) is 0 Å². The molecule has 0 aliphatic rings. The highest BCUT2D eigenvalue weighted by atomic mass is 15.0. The van der Waals surface area contributed by atoms with Gasteiger partial charge in [0.25, 0.3) is 0 Å². The van der Waals surface area contributed by atoms with Crippen LogP contribution < -0.4 is 0 Å². The molecule has 3 heterocycles. The zero-order valence-corrected chi connectivity index (χ0v) is 22.8. The van der Waals surface area contributed by atoms with Gasteiger partial charge in [-0.15, -0.1) is 0 Å². The minimum atomic E-state index is 1.15. The zero-order valence-electron chi connectivity index (χ0n) is 22.8. The maximum atomic E-state index is 4.49. The van der Waals surface area contributed by atoms with Crippen LogP contribution in [0.25, 0.3) is 76.9 Å². The van der Waals surface area contributed by atoms with Gasteiger partial charge in [-0.05, 0) is 76.5 Å². The fraction of sp³-hybridized carbons (Fsp3) is 0. The highest BCUT2D eigenvalue weighted by molar-refractivity contribution is 6.12. The average molecular weight is 536 g/mol. The Labute approximate surface area is 242 Å². The molecule has 0 aliphatic heterocycles. The van der Waals surface area contributed by atoms with Crippen LogP contribution in [0.15, 0.2) is 152 Å². The van der Waals surface area contributed by atoms with Crippen molar-refractivity contribution in [3.05, 3.63) is 152 Å². The molecule has 9 aromatic rings. The van der Waals surface area contributed by atoms with Crippen LogP contribution in [0.1, 0.15) is 0 Å². The predicted octanol–water partition coefficient (Wildman–Crippen LogP) is 10.1. The van der Waals surface area contributed by atoms with Gasteiger partial charge in [0.2, 0.25) is 0 Å². The van der Waals surface area contributed by atoms with Crippen molar-refractivity contribution in [2.24, 2.45) is 0 Å². The number of nitrogens with zero attached hydrogens (tertiary/aromatic N) is 3. The van der Waals surface area contributed by atoms with Crippen LogP contribution >= 0.6 is 0 Å². The molecule has 0 saturated heterocycles. The predicted molar refractivity (Wildman–Crippen MR) is 176 cm³/mol. The topological polar surface area (TPSA) is 22.8 Å². The van der Waals surface area contributed by atoms with E-state index in [4.69, 9.17) is 0 Å². The molecule has 3 aromatic heterocycles. The maximum absolute atomic E-state index is 4.49. The summed E-state index contributed by atoms with van der Waals surface area (Å²) in [7, 11) is 0. The van der Waals surface area contributed by atoms with E-state index in [1.165, 1.54) is 60.3 Å². The van der Waals surface area contributed by atoms with Crippen molar-refractivity contribution in [2.75, 3.05) is 0 Å². The highest BCUT2D eigenvalue weighted by Gasteiger charge is 2.16. The lowest BCUT2D eigenvalue weighted by Gasteiger charge is -2.11. The monoisotopic (exact) mass is 535 g/mol. The van der Waals surface area contributed by atoms with E-state index in [0.717, 1.165) is 16.6 Å². The number of benzene rings is 6. The molecule has 0 bridgehead atoms. The Morgan fingerprint density at radius 3 is 2.00 bits per heavy atom. The van der Waals surface area contributed by atoms with E-state index < -0.39 is 0 Å². The van der Waals surface area contributed by atoms with Crippen LogP contribution in [0.4, 0.5) is 0 Å². The first kappa shape index (κ1) is 23.1. The second kappa shape index (κ2) is 8.92. The van der Waals surface area contributed by atoms with E-state index in [-0.39, 0.29) is 0 Å². The minimum Gasteiger partial charge on any atom is -0.309 e. The van der Waals surface area contributed by atoms with Crippen molar-refractivity contribution >= 4 is 54.4 Å². The summed E-state index contributed by atoms with van der Waals surface area (Å²) in [5.41, 5.74) is 9.47. The second-order valence-corrected chi connectivity index (χ2v) is 10.9. The molecule has 0 N–H and O–H groups in total. The summed E-state index contributed by atoms with van der Waals surface area (Å²) >= 11 is 0. The molecular weight excluding hydrogens is 510 g/mol. The third-order valence-corrected chi connectivity index (χ3v) is 8.58. The molecule has 0 amide bonds. The Bertz CT molecular complexity index is 2460. The van der Waals surface area contributed by atoms with Gasteiger partial charge in [0, 0.05) is 45.3 Å². The van der Waals surface area contributed by atoms with Crippen molar-refractivity contribution in [2.45, 2.75) is 0 Å². The van der Waals surface area contributed by atoms with Crippen LogP contribution in [-0.4, -0.2) is 14.1 Å². The lowest BCUT2D eigenvalue weighted by Crippen LogP contribution is -1.94. The SMILES string of the molecule is c1ccc(-n2c3ccncc3c3cc(-c4ccc5c6ccccc6n(-c6ccc7ccccc7c6)c5c4)ccc32)cc1. The molecule has 9 rings (SSSR count). The van der Waals surface area contributed by atoms with E-state index in [2.05, 4.69) is 154 Å². The molecule has 0 saturated carbocycles. The van der Waals surface area contributed by atoms with Crippen molar-refractivity contribution < 1.29 is 0 Å². The Balaban J connectivity index is 1.28. The Hall–Kier alpha value is -5.67. The molecule has 3 heteroatoms. The third-order valence-electron chi connectivity index (χ3n) is 8.58. The van der Waals surface area contributed by atoms with E-state index in [1.54, 1.807) is 0 Å². The number of pyridine rings is 1. The van der Waals surface area contributed by atoms with Gasteiger partial charge in [-0.1, -0.05) is 84.9 Å². The van der Waals surface area contributed by atoms with E-state index in [9.17, 15) is 0 Å². The number of aromatic nitrogens is 3. The van der Waals surface area contributed by atoms with Gasteiger partial charge >= 0.3 is 0 Å². The van der Waals surface area contributed by atoms with Crippen LogP contribution in [0, 0.1) is 0 Å². The van der Waals surface area contributed by atoms with Gasteiger partial charge in [0.05, 0.1) is 22.1 Å². The summed E-state index contributed by atoms with van der Waals surface area (Å²) in [6.45, 7) is 0. The van der Waals surface area contributed by atoms with Gasteiger partial charge in [0.15, 0.2) is 0 Å². The third kappa shape index (κ3) is 3.37. The lowest BCUT2D eigenvalue weighted by molar-refractivity contribution is 1.17.